The summed E-state index contributed by atoms with van der Waals surface area (Å²) < 4.78 is 42.0. The minimum atomic E-state index is -3.09. The Kier molecular flexibility index (Phi) is 2.82. The normalized spacial score (nSPS) is 13.5. The first-order valence-electron chi connectivity index (χ1n) is 5.88. The van der Waals surface area contributed by atoms with E-state index in [1.54, 1.807) is 0 Å². The molecule has 110 valence electrons. The van der Waals surface area contributed by atoms with Crippen LogP contribution in [0.25, 0.3) is 11.3 Å². The number of hydrogen-bond acceptors (Lipinski definition) is 5. The number of alkyl halides is 2. The van der Waals surface area contributed by atoms with Crippen molar-refractivity contribution >= 4 is 5.97 Å². The minimum absolute atomic E-state index is 0.0836. The van der Waals surface area contributed by atoms with Gasteiger partial charge in [0.1, 0.15) is 5.69 Å². The second-order valence-corrected chi connectivity index (χ2v) is 4.53. The lowest BCUT2D eigenvalue weighted by molar-refractivity contribution is 0.0173. The third kappa shape index (κ3) is 2.28. The highest BCUT2D eigenvalue weighted by Gasteiger charge is 2.31. The van der Waals surface area contributed by atoms with Crippen molar-refractivity contribution in [1.82, 2.24) is 5.16 Å². The number of carboxylic acids is 1. The lowest BCUT2D eigenvalue weighted by Gasteiger charge is -2.13. The van der Waals surface area contributed by atoms with E-state index in [2.05, 4.69) is 9.68 Å². The number of rotatable bonds is 3. The quantitative estimate of drug-likeness (QED) is 0.938. The van der Waals surface area contributed by atoms with Gasteiger partial charge in [0.05, 0.1) is 5.56 Å². The standard InChI is InChI=1S/C13H9F2NO5/c1-13(14,15)6-2-7(11-9(3-6)19-5-20-11)8-4-10(12(17)18)21-16-8/h2-4H,5H2,1H3,(H,17,18). The number of carbonyl (C=O) groups is 1. The molecule has 0 bridgehead atoms. The lowest BCUT2D eigenvalue weighted by Crippen LogP contribution is -2.07. The van der Waals surface area contributed by atoms with Crippen molar-refractivity contribution in [3.8, 4) is 22.8 Å². The highest BCUT2D eigenvalue weighted by molar-refractivity contribution is 5.86. The summed E-state index contributed by atoms with van der Waals surface area (Å²) in [5, 5.41) is 12.4. The molecule has 6 nitrogen and oxygen atoms in total. The van der Waals surface area contributed by atoms with Crippen LogP contribution in [0.5, 0.6) is 11.5 Å². The monoisotopic (exact) mass is 297 g/mol. The molecule has 0 saturated heterocycles. The molecule has 1 aliphatic rings. The largest absolute Gasteiger partial charge is 0.475 e. The molecule has 2 heterocycles. The van der Waals surface area contributed by atoms with Gasteiger partial charge in [-0.1, -0.05) is 5.16 Å². The van der Waals surface area contributed by atoms with Crippen molar-refractivity contribution in [2.75, 3.05) is 6.79 Å². The molecule has 1 aliphatic heterocycles. The topological polar surface area (TPSA) is 81.8 Å². The van der Waals surface area contributed by atoms with Gasteiger partial charge in [0.25, 0.3) is 5.92 Å². The van der Waals surface area contributed by atoms with E-state index in [1.807, 2.05) is 0 Å². The van der Waals surface area contributed by atoms with E-state index in [0.29, 0.717) is 0 Å². The Hall–Kier alpha value is -2.64. The molecule has 0 radical (unpaired) electrons. The number of fused-ring (bicyclic) bond motifs is 1. The predicted molar refractivity (Wildman–Crippen MR) is 64.6 cm³/mol. The molecule has 0 atom stereocenters. The van der Waals surface area contributed by atoms with Crippen LogP contribution in [-0.4, -0.2) is 23.0 Å². The van der Waals surface area contributed by atoms with Gasteiger partial charge in [-0.25, -0.2) is 13.6 Å². The summed E-state index contributed by atoms with van der Waals surface area (Å²) in [5.74, 6) is -4.40. The Morgan fingerprint density at radius 3 is 2.71 bits per heavy atom. The third-order valence-electron chi connectivity index (χ3n) is 2.98. The average molecular weight is 297 g/mol. The average Bonchev–Trinajstić information content (AvgIpc) is 3.05. The maximum absolute atomic E-state index is 13.5. The van der Waals surface area contributed by atoms with Crippen LogP contribution >= 0.6 is 0 Å². The summed E-state index contributed by atoms with van der Waals surface area (Å²) in [6, 6.07) is 3.50. The molecule has 0 unspecified atom stereocenters. The van der Waals surface area contributed by atoms with E-state index in [9.17, 15) is 13.6 Å². The van der Waals surface area contributed by atoms with Crippen LogP contribution in [0, 0.1) is 0 Å². The fourth-order valence-corrected chi connectivity index (χ4v) is 1.96. The van der Waals surface area contributed by atoms with Crippen molar-refractivity contribution in [2.45, 2.75) is 12.8 Å². The van der Waals surface area contributed by atoms with Crippen LogP contribution in [0.4, 0.5) is 8.78 Å². The van der Waals surface area contributed by atoms with Gasteiger partial charge in [-0.05, 0) is 12.1 Å². The van der Waals surface area contributed by atoms with Gasteiger partial charge in [0.15, 0.2) is 11.5 Å². The molecule has 0 aliphatic carbocycles. The first-order valence-corrected chi connectivity index (χ1v) is 5.88. The number of nitrogens with zero attached hydrogens (tertiary/aromatic N) is 1. The van der Waals surface area contributed by atoms with E-state index in [4.69, 9.17) is 14.6 Å². The Bertz CT molecular complexity index is 720. The fraction of sp³-hybridized carbons (Fsp3) is 0.231. The summed E-state index contributed by atoms with van der Waals surface area (Å²) >= 11 is 0. The molecule has 0 saturated carbocycles. The van der Waals surface area contributed by atoms with Crippen LogP contribution in [0.3, 0.4) is 0 Å². The van der Waals surface area contributed by atoms with Crippen LogP contribution in [0.15, 0.2) is 22.7 Å². The number of hydrogen-bond donors (Lipinski definition) is 1. The van der Waals surface area contributed by atoms with Gasteiger partial charge in [-0.15, -0.1) is 0 Å². The maximum atomic E-state index is 13.5. The minimum Gasteiger partial charge on any atom is -0.475 e. The summed E-state index contributed by atoms with van der Waals surface area (Å²) in [5.41, 5.74) is -0.0142. The summed E-state index contributed by atoms with van der Waals surface area (Å²) in [6.45, 7) is 0.643. The molecular formula is C13H9F2NO5. The van der Waals surface area contributed by atoms with E-state index in [1.165, 1.54) is 12.1 Å². The SMILES string of the molecule is CC(F)(F)c1cc2c(c(-c3cc(C(=O)O)on3)c1)OCO2. The molecule has 1 N–H and O–H groups in total. The second kappa shape index (κ2) is 4.44. The number of aromatic nitrogens is 1. The number of carboxylic acid groups (broad SMARTS) is 1. The van der Waals surface area contributed by atoms with Crippen molar-refractivity contribution in [2.24, 2.45) is 0 Å². The molecule has 0 spiro atoms. The van der Waals surface area contributed by atoms with Crippen molar-refractivity contribution in [1.29, 1.82) is 0 Å². The number of halogens is 2. The van der Waals surface area contributed by atoms with Gasteiger partial charge in [-0.3, -0.25) is 0 Å². The highest BCUT2D eigenvalue weighted by atomic mass is 19.3. The van der Waals surface area contributed by atoms with Gasteiger partial charge >= 0.3 is 5.97 Å². The van der Waals surface area contributed by atoms with Crippen molar-refractivity contribution in [3.05, 3.63) is 29.5 Å². The first kappa shape index (κ1) is 13.3. The van der Waals surface area contributed by atoms with E-state index < -0.39 is 17.7 Å². The Morgan fingerprint density at radius 2 is 2.10 bits per heavy atom. The molecule has 21 heavy (non-hydrogen) atoms. The molecule has 2 aromatic rings. The molecule has 0 amide bonds. The van der Waals surface area contributed by atoms with E-state index >= 15 is 0 Å². The molecule has 1 aromatic carbocycles. The van der Waals surface area contributed by atoms with Crippen LogP contribution in [0.2, 0.25) is 0 Å². The second-order valence-electron chi connectivity index (χ2n) is 4.53. The van der Waals surface area contributed by atoms with Crippen molar-refractivity contribution < 1.29 is 32.7 Å². The first-order chi connectivity index (χ1) is 9.86. The Morgan fingerprint density at radius 1 is 1.33 bits per heavy atom. The maximum Gasteiger partial charge on any atom is 0.374 e. The number of aromatic carboxylic acids is 1. The fourth-order valence-electron chi connectivity index (χ4n) is 1.96. The van der Waals surface area contributed by atoms with Crippen LogP contribution < -0.4 is 9.47 Å². The zero-order valence-corrected chi connectivity index (χ0v) is 10.7. The van der Waals surface area contributed by atoms with Crippen LogP contribution in [-0.2, 0) is 5.92 Å². The van der Waals surface area contributed by atoms with Gasteiger partial charge in [0, 0.05) is 18.6 Å². The lowest BCUT2D eigenvalue weighted by atomic mass is 10.0. The molecule has 8 heteroatoms. The predicted octanol–water partition coefficient (Wildman–Crippen LogP) is 2.88. The highest BCUT2D eigenvalue weighted by Crippen LogP contribution is 2.45. The van der Waals surface area contributed by atoms with E-state index in [-0.39, 0.29) is 35.1 Å². The summed E-state index contributed by atoms with van der Waals surface area (Å²) in [4.78, 5) is 10.8. The Balaban J connectivity index is 2.16. The van der Waals surface area contributed by atoms with Crippen molar-refractivity contribution in [3.63, 3.8) is 0 Å². The number of ether oxygens (including phenoxy) is 2. The molecule has 1 aromatic heterocycles. The Labute approximate surface area is 116 Å². The zero-order valence-electron chi connectivity index (χ0n) is 10.7. The smallest absolute Gasteiger partial charge is 0.374 e. The van der Waals surface area contributed by atoms with Gasteiger partial charge in [0.2, 0.25) is 12.6 Å². The zero-order chi connectivity index (χ0) is 15.2. The third-order valence-corrected chi connectivity index (χ3v) is 2.98. The molecule has 3 rings (SSSR count). The molecular weight excluding hydrogens is 288 g/mol. The summed E-state index contributed by atoms with van der Waals surface area (Å²) in [6.07, 6.45) is 0. The van der Waals surface area contributed by atoms with Gasteiger partial charge in [-0.2, -0.15) is 0 Å². The van der Waals surface area contributed by atoms with Gasteiger partial charge < -0.3 is 19.1 Å². The molecule has 0 fully saturated rings. The summed E-state index contributed by atoms with van der Waals surface area (Å²) in [7, 11) is 0. The van der Waals surface area contributed by atoms with E-state index in [0.717, 1.165) is 13.0 Å². The number of benzene rings is 1. The van der Waals surface area contributed by atoms with Crippen LogP contribution in [0.1, 0.15) is 23.0 Å².